The Bertz CT molecular complexity index is 831. The number of carbonyl (C=O) groups excluding carboxylic acids is 1. The first-order valence-corrected chi connectivity index (χ1v) is 8.03. The van der Waals surface area contributed by atoms with Gasteiger partial charge in [-0.3, -0.25) is 9.59 Å². The molecule has 126 valence electrons. The van der Waals surface area contributed by atoms with Crippen molar-refractivity contribution in [3.63, 3.8) is 0 Å². The highest BCUT2D eigenvalue weighted by Gasteiger charge is 2.27. The zero-order chi connectivity index (χ0) is 17.3. The van der Waals surface area contributed by atoms with Crippen molar-refractivity contribution in [2.45, 2.75) is 39.8 Å². The molecule has 1 unspecified atom stereocenters. The van der Waals surface area contributed by atoms with Gasteiger partial charge in [0.25, 0.3) is 5.56 Å². The lowest BCUT2D eigenvalue weighted by Crippen LogP contribution is -2.28. The minimum absolute atomic E-state index is 0.00560. The summed E-state index contributed by atoms with van der Waals surface area (Å²) >= 11 is 0. The maximum atomic E-state index is 13.2. The molecule has 24 heavy (non-hydrogen) atoms. The van der Waals surface area contributed by atoms with Crippen molar-refractivity contribution in [1.82, 2.24) is 14.9 Å². The van der Waals surface area contributed by atoms with Crippen LogP contribution < -0.4 is 5.56 Å². The van der Waals surface area contributed by atoms with E-state index in [0.29, 0.717) is 43.0 Å². The quantitative estimate of drug-likeness (QED) is 0.936. The lowest BCUT2D eigenvalue weighted by molar-refractivity contribution is -0.132. The molecule has 0 saturated heterocycles. The zero-order valence-corrected chi connectivity index (χ0v) is 13.8. The number of benzene rings is 1. The predicted molar refractivity (Wildman–Crippen MR) is 87.7 cm³/mol. The van der Waals surface area contributed by atoms with Gasteiger partial charge in [-0.2, -0.15) is 0 Å². The van der Waals surface area contributed by atoms with E-state index in [0.717, 1.165) is 5.56 Å². The van der Waals surface area contributed by atoms with Crippen molar-refractivity contribution in [3.05, 3.63) is 63.1 Å². The van der Waals surface area contributed by atoms with Crippen LogP contribution in [0.5, 0.6) is 0 Å². The number of aryl methyl sites for hydroxylation is 1. The smallest absolute Gasteiger partial charge is 0.256 e. The van der Waals surface area contributed by atoms with E-state index in [2.05, 4.69) is 9.97 Å². The second-order valence-corrected chi connectivity index (χ2v) is 6.47. The molecular weight excluding hydrogens is 309 g/mol. The van der Waals surface area contributed by atoms with Crippen LogP contribution >= 0.6 is 0 Å². The van der Waals surface area contributed by atoms with Crippen LogP contribution in [0.4, 0.5) is 4.39 Å². The van der Waals surface area contributed by atoms with Crippen LogP contribution in [0.2, 0.25) is 0 Å². The largest absolute Gasteiger partial charge is 0.332 e. The maximum Gasteiger partial charge on any atom is 0.256 e. The minimum Gasteiger partial charge on any atom is -0.332 e. The first-order chi connectivity index (χ1) is 11.4. The number of aromatic nitrogens is 2. The number of halogens is 1. The molecule has 1 aromatic heterocycles. The van der Waals surface area contributed by atoms with E-state index >= 15 is 0 Å². The van der Waals surface area contributed by atoms with E-state index in [1.807, 2.05) is 13.0 Å². The number of aromatic amines is 1. The zero-order valence-electron chi connectivity index (χ0n) is 13.8. The van der Waals surface area contributed by atoms with Crippen molar-refractivity contribution >= 4 is 5.91 Å². The van der Waals surface area contributed by atoms with Crippen molar-refractivity contribution in [2.24, 2.45) is 5.92 Å². The summed E-state index contributed by atoms with van der Waals surface area (Å²) in [5.74, 6) is 0.388. The monoisotopic (exact) mass is 329 g/mol. The summed E-state index contributed by atoms with van der Waals surface area (Å²) < 4.78 is 13.2. The Morgan fingerprint density at radius 1 is 1.42 bits per heavy atom. The predicted octanol–water partition coefficient (Wildman–Crippen LogP) is 2.33. The van der Waals surface area contributed by atoms with Gasteiger partial charge in [0.15, 0.2) is 0 Å². The molecule has 6 heteroatoms. The summed E-state index contributed by atoms with van der Waals surface area (Å²) in [5.41, 5.74) is 1.98. The number of fused-ring (bicyclic) bond motifs is 1. The van der Waals surface area contributed by atoms with E-state index in [1.165, 1.54) is 12.1 Å². The fraction of sp³-hybridized carbons (Fsp3) is 0.389. The maximum absolute atomic E-state index is 13.2. The molecule has 1 aliphatic rings. The summed E-state index contributed by atoms with van der Waals surface area (Å²) in [4.78, 5) is 33.1. The highest BCUT2D eigenvalue weighted by atomic mass is 19.1. The van der Waals surface area contributed by atoms with Gasteiger partial charge in [0.2, 0.25) is 5.91 Å². The summed E-state index contributed by atoms with van der Waals surface area (Å²) in [6, 6.07) is 6.45. The Labute approximate surface area is 139 Å². The molecule has 0 spiro atoms. The Balaban J connectivity index is 1.62. The number of rotatable bonds is 4. The molecule has 1 amide bonds. The number of nitrogens with one attached hydrogen (secondary N) is 1. The molecule has 0 fully saturated rings. The Morgan fingerprint density at radius 3 is 2.96 bits per heavy atom. The van der Waals surface area contributed by atoms with Crippen LogP contribution in [0, 0.1) is 18.7 Å². The van der Waals surface area contributed by atoms with Gasteiger partial charge in [-0.25, -0.2) is 9.37 Å². The van der Waals surface area contributed by atoms with Gasteiger partial charge in [0.05, 0.1) is 24.3 Å². The third kappa shape index (κ3) is 3.53. The van der Waals surface area contributed by atoms with Gasteiger partial charge in [-0.05, 0) is 37.0 Å². The lowest BCUT2D eigenvalue weighted by atomic mass is 9.97. The SMILES string of the molecule is Cc1nc2c(c(=O)[nH]1)CN(C(=O)CC(C)Cc1cccc(F)c1)C2. The third-order valence-electron chi connectivity index (χ3n) is 4.26. The van der Waals surface area contributed by atoms with Gasteiger partial charge in [0.1, 0.15) is 11.6 Å². The molecule has 3 rings (SSSR count). The molecule has 0 aliphatic carbocycles. The molecule has 2 aromatic rings. The van der Waals surface area contributed by atoms with Crippen molar-refractivity contribution in [3.8, 4) is 0 Å². The topological polar surface area (TPSA) is 66.1 Å². The number of nitrogens with zero attached hydrogens (tertiary/aromatic N) is 2. The Kier molecular flexibility index (Phi) is 4.46. The van der Waals surface area contributed by atoms with Gasteiger partial charge in [-0.1, -0.05) is 19.1 Å². The van der Waals surface area contributed by atoms with Crippen LogP contribution in [0.25, 0.3) is 0 Å². The highest BCUT2D eigenvalue weighted by molar-refractivity contribution is 5.77. The molecular formula is C18H20FN3O2. The molecule has 1 aliphatic heterocycles. The number of H-pyrrole nitrogens is 1. The summed E-state index contributed by atoms with van der Waals surface area (Å²) in [7, 11) is 0. The summed E-state index contributed by atoms with van der Waals surface area (Å²) in [5, 5.41) is 0. The number of hydrogen-bond acceptors (Lipinski definition) is 3. The molecule has 1 N–H and O–H groups in total. The van der Waals surface area contributed by atoms with Gasteiger partial charge in [0, 0.05) is 6.42 Å². The average molecular weight is 329 g/mol. The van der Waals surface area contributed by atoms with E-state index in [1.54, 1.807) is 17.9 Å². The van der Waals surface area contributed by atoms with Crippen LogP contribution in [-0.2, 0) is 24.3 Å². The number of amides is 1. The normalized spacial score (nSPS) is 14.5. The van der Waals surface area contributed by atoms with Crippen molar-refractivity contribution < 1.29 is 9.18 Å². The summed E-state index contributed by atoms with van der Waals surface area (Å²) in [6.45, 7) is 4.39. The first kappa shape index (κ1) is 16.4. The fourth-order valence-corrected chi connectivity index (χ4v) is 3.13. The molecule has 0 radical (unpaired) electrons. The molecule has 1 atom stereocenters. The lowest BCUT2D eigenvalue weighted by Gasteiger charge is -2.18. The van der Waals surface area contributed by atoms with E-state index in [-0.39, 0.29) is 23.2 Å². The first-order valence-electron chi connectivity index (χ1n) is 8.03. The fourth-order valence-electron chi connectivity index (χ4n) is 3.13. The Morgan fingerprint density at radius 2 is 2.21 bits per heavy atom. The molecule has 2 heterocycles. The summed E-state index contributed by atoms with van der Waals surface area (Å²) in [6.07, 6.45) is 1.00. The highest BCUT2D eigenvalue weighted by Crippen LogP contribution is 2.21. The van der Waals surface area contributed by atoms with Crippen molar-refractivity contribution in [2.75, 3.05) is 0 Å². The average Bonchev–Trinajstić information content (AvgIpc) is 2.91. The third-order valence-corrected chi connectivity index (χ3v) is 4.26. The second kappa shape index (κ2) is 6.55. The standard InChI is InChI=1S/C18H20FN3O2/c1-11(6-13-4-3-5-14(19)8-13)7-17(23)22-9-15-16(10-22)20-12(2)21-18(15)24/h3-5,8,11H,6-7,9-10H2,1-2H3,(H,20,21,24). The van der Waals surface area contributed by atoms with E-state index in [9.17, 15) is 14.0 Å². The Hall–Kier alpha value is -2.50. The van der Waals surface area contributed by atoms with Gasteiger partial charge < -0.3 is 9.88 Å². The van der Waals surface area contributed by atoms with Crippen LogP contribution in [0.3, 0.4) is 0 Å². The van der Waals surface area contributed by atoms with Crippen LogP contribution in [-0.4, -0.2) is 20.8 Å². The van der Waals surface area contributed by atoms with Crippen molar-refractivity contribution in [1.29, 1.82) is 0 Å². The van der Waals surface area contributed by atoms with E-state index < -0.39 is 0 Å². The minimum atomic E-state index is -0.262. The molecule has 0 bridgehead atoms. The van der Waals surface area contributed by atoms with Gasteiger partial charge in [-0.15, -0.1) is 0 Å². The van der Waals surface area contributed by atoms with E-state index in [4.69, 9.17) is 0 Å². The van der Waals surface area contributed by atoms with Crippen LogP contribution in [0.15, 0.2) is 29.1 Å². The number of carbonyl (C=O) groups is 1. The number of hydrogen-bond donors (Lipinski definition) is 1. The molecule has 5 nitrogen and oxygen atoms in total. The molecule has 1 aromatic carbocycles. The van der Waals surface area contributed by atoms with Crippen LogP contribution in [0.1, 0.15) is 36.0 Å². The molecule has 0 saturated carbocycles. The second-order valence-electron chi connectivity index (χ2n) is 6.47. The van der Waals surface area contributed by atoms with Gasteiger partial charge >= 0.3 is 0 Å².